The van der Waals surface area contributed by atoms with Gasteiger partial charge in [-0.3, -0.25) is 9.59 Å². The average Bonchev–Trinajstić information content (AvgIpc) is 2.93. The van der Waals surface area contributed by atoms with Crippen LogP contribution < -0.4 is 10.1 Å². The number of ether oxygens (including phenoxy) is 2. The van der Waals surface area contributed by atoms with Gasteiger partial charge in [0.1, 0.15) is 17.9 Å². The molecule has 1 N–H and O–H groups in total. The van der Waals surface area contributed by atoms with Crippen LogP contribution in [0.2, 0.25) is 0 Å². The number of esters is 1. The number of nitrogens with one attached hydrogen (secondary N) is 1. The molecule has 0 spiro atoms. The largest absolute Gasteiger partial charge is 0.427 e. The standard InChI is InChI=1S/C35H50N2O4/c1-27(2)25-37(4)22-21-34(30-16-12-17-32(23-30)41-28(3)38)24-31(19-20-35(34,26-37)40-5)36-33(39)18-11-7-10-15-29-13-8-6-9-14-29/h6,8-9,12-14,16-17,23,27,31H,7,10-11,15,18-22,24-26H2,1-5H3/p+1/t31-,34-,35?,37+/m1/s1. The van der Waals surface area contributed by atoms with Crippen molar-refractivity contribution in [1.29, 1.82) is 0 Å². The quantitative estimate of drug-likeness (QED) is 0.144. The van der Waals surface area contributed by atoms with Crippen LogP contribution in [0.3, 0.4) is 0 Å². The molecule has 4 atom stereocenters. The number of benzene rings is 2. The SMILES string of the molecule is COC12CC[C@@H](NC(=O)CCCCCc3ccccc3)C[C@@]1(c1cccc(OC(C)=O)c1)CC[N@@+](C)(CC(C)C)C2. The Labute approximate surface area is 247 Å². The van der Waals surface area contributed by atoms with Gasteiger partial charge in [-0.2, -0.15) is 0 Å². The number of unbranched alkanes of at least 4 members (excludes halogenated alkanes) is 2. The van der Waals surface area contributed by atoms with Crippen LogP contribution in [0.4, 0.5) is 0 Å². The summed E-state index contributed by atoms with van der Waals surface area (Å²) in [6, 6.07) is 18.7. The molecular formula is C35H51N2O4+. The number of quaternary nitrogens is 1. The number of methoxy groups -OCH3 is 1. The third-order valence-corrected chi connectivity index (χ3v) is 9.50. The molecule has 41 heavy (non-hydrogen) atoms. The molecule has 2 aromatic rings. The maximum Gasteiger partial charge on any atom is 0.308 e. The summed E-state index contributed by atoms with van der Waals surface area (Å²) < 4.78 is 13.1. The van der Waals surface area contributed by atoms with Gasteiger partial charge in [-0.15, -0.1) is 0 Å². The average molecular weight is 564 g/mol. The fourth-order valence-corrected chi connectivity index (χ4v) is 7.88. The van der Waals surface area contributed by atoms with Gasteiger partial charge >= 0.3 is 5.97 Å². The lowest BCUT2D eigenvalue weighted by atomic mass is 9.54. The van der Waals surface area contributed by atoms with Gasteiger partial charge < -0.3 is 19.3 Å². The number of piperidine rings is 1. The number of hydrogen-bond donors (Lipinski definition) is 1. The minimum absolute atomic E-state index is 0.0921. The molecular weight excluding hydrogens is 512 g/mol. The minimum Gasteiger partial charge on any atom is -0.427 e. The molecule has 1 aliphatic heterocycles. The van der Waals surface area contributed by atoms with Gasteiger partial charge in [0.05, 0.1) is 20.1 Å². The van der Waals surface area contributed by atoms with Gasteiger partial charge in [0.2, 0.25) is 5.91 Å². The van der Waals surface area contributed by atoms with E-state index in [2.05, 4.69) is 56.5 Å². The van der Waals surface area contributed by atoms with Gasteiger partial charge in [0.25, 0.3) is 0 Å². The highest BCUT2D eigenvalue weighted by molar-refractivity contribution is 5.76. The second kappa shape index (κ2) is 13.5. The summed E-state index contributed by atoms with van der Waals surface area (Å²) in [7, 11) is 4.23. The second-order valence-electron chi connectivity index (χ2n) is 13.3. The lowest BCUT2D eigenvalue weighted by Crippen LogP contribution is -2.72. The van der Waals surface area contributed by atoms with Crippen molar-refractivity contribution in [2.24, 2.45) is 5.92 Å². The molecule has 1 heterocycles. The normalized spacial score (nSPS) is 27.7. The molecule has 4 rings (SSSR count). The van der Waals surface area contributed by atoms with Gasteiger partial charge in [-0.25, -0.2) is 0 Å². The first-order valence-electron chi connectivity index (χ1n) is 15.6. The predicted molar refractivity (Wildman–Crippen MR) is 164 cm³/mol. The number of amides is 1. The molecule has 2 aliphatic rings. The Balaban J connectivity index is 1.48. The fourth-order valence-electron chi connectivity index (χ4n) is 7.88. The van der Waals surface area contributed by atoms with Crippen molar-refractivity contribution in [3.05, 3.63) is 65.7 Å². The van der Waals surface area contributed by atoms with Crippen LogP contribution in [0.15, 0.2) is 54.6 Å². The third-order valence-electron chi connectivity index (χ3n) is 9.50. The van der Waals surface area contributed by atoms with Crippen LogP contribution in [-0.2, 0) is 26.2 Å². The molecule has 0 radical (unpaired) electrons. The van der Waals surface area contributed by atoms with Crippen LogP contribution in [0.25, 0.3) is 0 Å². The number of likely N-dealkylation sites (N-methyl/N-ethyl adjacent to an activating group) is 1. The smallest absolute Gasteiger partial charge is 0.308 e. The van der Waals surface area contributed by atoms with Crippen molar-refractivity contribution < 1.29 is 23.5 Å². The zero-order valence-corrected chi connectivity index (χ0v) is 25.9. The molecule has 6 heteroatoms. The summed E-state index contributed by atoms with van der Waals surface area (Å²) >= 11 is 0. The third kappa shape index (κ3) is 7.58. The van der Waals surface area contributed by atoms with Crippen LogP contribution in [0.1, 0.15) is 83.3 Å². The molecule has 0 aromatic heterocycles. The van der Waals surface area contributed by atoms with Gasteiger partial charge in [-0.05, 0) is 61.8 Å². The molecule has 1 unspecified atom stereocenters. The van der Waals surface area contributed by atoms with Crippen molar-refractivity contribution in [3.8, 4) is 5.75 Å². The second-order valence-corrected chi connectivity index (χ2v) is 13.3. The Morgan fingerprint density at radius 2 is 1.83 bits per heavy atom. The van der Waals surface area contributed by atoms with E-state index in [0.29, 0.717) is 18.1 Å². The van der Waals surface area contributed by atoms with Crippen molar-refractivity contribution in [2.45, 2.75) is 95.6 Å². The first-order chi connectivity index (χ1) is 19.6. The molecule has 224 valence electrons. The first-order valence-corrected chi connectivity index (χ1v) is 15.6. The highest BCUT2D eigenvalue weighted by atomic mass is 16.5. The Kier molecular flexibility index (Phi) is 10.3. The number of carbonyl (C=O) groups excluding carboxylic acids is 2. The number of rotatable bonds is 12. The molecule has 6 nitrogen and oxygen atoms in total. The Morgan fingerprint density at radius 1 is 1.05 bits per heavy atom. The zero-order chi connectivity index (χ0) is 29.5. The summed E-state index contributed by atoms with van der Waals surface area (Å²) in [4.78, 5) is 24.9. The van der Waals surface area contributed by atoms with E-state index in [9.17, 15) is 9.59 Å². The van der Waals surface area contributed by atoms with E-state index in [4.69, 9.17) is 9.47 Å². The number of nitrogens with zero attached hydrogens (tertiary/aromatic N) is 1. The number of aryl methyl sites for hydroxylation is 1. The van der Waals surface area contributed by atoms with Crippen molar-refractivity contribution >= 4 is 11.9 Å². The first kappa shape index (κ1) is 31.2. The number of likely N-dealkylation sites (tertiary alicyclic amines) is 1. The lowest BCUT2D eigenvalue weighted by molar-refractivity contribution is -0.926. The molecule has 0 bridgehead atoms. The minimum atomic E-state index is -0.359. The van der Waals surface area contributed by atoms with E-state index >= 15 is 0 Å². The van der Waals surface area contributed by atoms with Gasteiger partial charge in [0, 0.05) is 44.2 Å². The van der Waals surface area contributed by atoms with E-state index < -0.39 is 0 Å². The number of fused-ring (bicyclic) bond motifs is 1. The van der Waals surface area contributed by atoms with E-state index in [1.54, 1.807) is 0 Å². The predicted octanol–water partition coefficient (Wildman–Crippen LogP) is 6.21. The molecule has 1 saturated carbocycles. The summed E-state index contributed by atoms with van der Waals surface area (Å²) in [5.74, 6) is 0.998. The van der Waals surface area contributed by atoms with Gasteiger partial charge in [0.15, 0.2) is 0 Å². The Morgan fingerprint density at radius 3 is 2.54 bits per heavy atom. The summed E-state index contributed by atoms with van der Waals surface area (Å²) in [6.45, 7) is 9.11. The van der Waals surface area contributed by atoms with E-state index in [1.807, 2.05) is 31.4 Å². The monoisotopic (exact) mass is 563 g/mol. The fraction of sp³-hybridized carbons (Fsp3) is 0.600. The lowest BCUT2D eigenvalue weighted by Gasteiger charge is -2.61. The van der Waals surface area contributed by atoms with Crippen molar-refractivity contribution in [1.82, 2.24) is 5.32 Å². The summed E-state index contributed by atoms with van der Waals surface area (Å²) in [5, 5.41) is 3.41. The molecule has 1 amide bonds. The molecule has 2 fully saturated rings. The number of carbonyl (C=O) groups is 2. The number of hydrogen-bond acceptors (Lipinski definition) is 4. The van der Waals surface area contributed by atoms with Gasteiger partial charge in [-0.1, -0.05) is 62.7 Å². The van der Waals surface area contributed by atoms with E-state index in [0.717, 1.165) is 81.0 Å². The Bertz CT molecular complexity index is 1170. The maximum atomic E-state index is 13.1. The summed E-state index contributed by atoms with van der Waals surface area (Å²) in [6.07, 6.45) is 8.27. The van der Waals surface area contributed by atoms with Crippen molar-refractivity contribution in [3.63, 3.8) is 0 Å². The van der Waals surface area contributed by atoms with Crippen LogP contribution in [0.5, 0.6) is 5.75 Å². The van der Waals surface area contributed by atoms with Crippen molar-refractivity contribution in [2.75, 3.05) is 33.8 Å². The molecule has 1 saturated heterocycles. The highest BCUT2D eigenvalue weighted by Gasteiger charge is 2.62. The molecule has 1 aliphatic carbocycles. The van der Waals surface area contributed by atoms with E-state index in [-0.39, 0.29) is 28.9 Å². The van der Waals surface area contributed by atoms with Crippen LogP contribution in [0, 0.1) is 5.92 Å². The summed E-state index contributed by atoms with van der Waals surface area (Å²) in [5.41, 5.74) is 1.87. The topological polar surface area (TPSA) is 64.6 Å². The Hall–Kier alpha value is -2.70. The van der Waals surface area contributed by atoms with E-state index in [1.165, 1.54) is 12.5 Å². The van der Waals surface area contributed by atoms with Crippen LogP contribution >= 0.6 is 0 Å². The van der Waals surface area contributed by atoms with Crippen LogP contribution in [-0.4, -0.2) is 61.8 Å². The maximum absolute atomic E-state index is 13.1. The highest BCUT2D eigenvalue weighted by Crippen LogP contribution is 2.55. The molecule has 2 aromatic carbocycles. The zero-order valence-electron chi connectivity index (χ0n) is 25.9.